The zero-order valence-corrected chi connectivity index (χ0v) is 15.4. The number of carbonyl (C=O) groups excluding carboxylic acids is 1. The number of ether oxygens (including phenoxy) is 1. The summed E-state index contributed by atoms with van der Waals surface area (Å²) >= 11 is 0. The first-order chi connectivity index (χ1) is 12.2. The van der Waals surface area contributed by atoms with Crippen LogP contribution in [0, 0.1) is 0 Å². The minimum atomic E-state index is -0.842. The summed E-state index contributed by atoms with van der Waals surface area (Å²) in [6.45, 7) is 6.66. The van der Waals surface area contributed by atoms with E-state index in [0.717, 1.165) is 23.1 Å². The van der Waals surface area contributed by atoms with Crippen LogP contribution in [0.1, 0.15) is 32.8 Å². The van der Waals surface area contributed by atoms with Gasteiger partial charge in [0, 0.05) is 24.8 Å². The van der Waals surface area contributed by atoms with Crippen molar-refractivity contribution < 1.29 is 19.4 Å². The second kappa shape index (κ2) is 8.51. The van der Waals surface area contributed by atoms with Crippen LogP contribution >= 0.6 is 0 Å². The van der Waals surface area contributed by atoms with Gasteiger partial charge in [-0.1, -0.05) is 24.3 Å². The number of hydrogen-bond donors (Lipinski definition) is 2. The molecule has 1 amide bonds. The third-order valence-corrected chi connectivity index (χ3v) is 3.51. The van der Waals surface area contributed by atoms with Crippen molar-refractivity contribution in [3.8, 4) is 11.1 Å². The lowest BCUT2D eigenvalue weighted by molar-refractivity contribution is -0.136. The highest BCUT2D eigenvalue weighted by molar-refractivity contribution is 5.71. The van der Waals surface area contributed by atoms with E-state index in [1.165, 1.54) is 0 Å². The molecule has 0 bridgehead atoms. The Balaban J connectivity index is 1.80. The molecule has 2 rings (SSSR count). The van der Waals surface area contributed by atoms with E-state index in [1.807, 2.05) is 55.9 Å². The molecule has 0 aliphatic carbocycles. The number of nitrogens with one attached hydrogen (secondary N) is 1. The fourth-order valence-corrected chi connectivity index (χ4v) is 2.37. The normalized spacial score (nSPS) is 11.2. The largest absolute Gasteiger partial charge is 0.481 e. The van der Waals surface area contributed by atoms with Gasteiger partial charge in [-0.3, -0.25) is 9.48 Å². The lowest BCUT2D eigenvalue weighted by Crippen LogP contribution is -2.33. The Hall–Kier alpha value is -2.83. The minimum Gasteiger partial charge on any atom is -0.481 e. The number of carboxylic acid groups (broad SMARTS) is 1. The first-order valence-corrected chi connectivity index (χ1v) is 8.53. The molecule has 1 aromatic carbocycles. The summed E-state index contributed by atoms with van der Waals surface area (Å²) in [6, 6.07) is 7.41. The van der Waals surface area contributed by atoms with Gasteiger partial charge in [0.15, 0.2) is 0 Å². The van der Waals surface area contributed by atoms with Crippen LogP contribution in [0.5, 0.6) is 0 Å². The third-order valence-electron chi connectivity index (χ3n) is 3.51. The van der Waals surface area contributed by atoms with Crippen LogP contribution < -0.4 is 5.32 Å². The number of carboxylic acids is 1. The Morgan fingerprint density at radius 1 is 1.19 bits per heavy atom. The smallest absolute Gasteiger partial charge is 0.407 e. The average molecular weight is 359 g/mol. The monoisotopic (exact) mass is 359 g/mol. The molecule has 7 nitrogen and oxygen atoms in total. The van der Waals surface area contributed by atoms with E-state index >= 15 is 0 Å². The summed E-state index contributed by atoms with van der Waals surface area (Å²) in [5, 5.41) is 15.8. The quantitative estimate of drug-likeness (QED) is 0.741. The van der Waals surface area contributed by atoms with Crippen molar-refractivity contribution in [2.24, 2.45) is 0 Å². The average Bonchev–Trinajstić information content (AvgIpc) is 2.99. The van der Waals surface area contributed by atoms with Gasteiger partial charge >= 0.3 is 12.1 Å². The van der Waals surface area contributed by atoms with Gasteiger partial charge in [0.2, 0.25) is 0 Å². The zero-order valence-electron chi connectivity index (χ0n) is 15.4. The van der Waals surface area contributed by atoms with Crippen LogP contribution in [0.4, 0.5) is 4.79 Å². The van der Waals surface area contributed by atoms with Crippen LogP contribution in [0.2, 0.25) is 0 Å². The minimum absolute atomic E-state index is 0.0180. The second-order valence-electron chi connectivity index (χ2n) is 7.04. The molecule has 140 valence electrons. The topological polar surface area (TPSA) is 93.5 Å². The summed E-state index contributed by atoms with van der Waals surface area (Å²) in [5.41, 5.74) is 2.21. The van der Waals surface area contributed by atoms with Crippen LogP contribution in [0.15, 0.2) is 36.7 Å². The molecule has 0 radical (unpaired) electrons. The number of nitrogens with zero attached hydrogens (tertiary/aromatic N) is 2. The molecule has 0 aliphatic heterocycles. The van der Waals surface area contributed by atoms with Crippen molar-refractivity contribution in [3.05, 3.63) is 42.2 Å². The summed E-state index contributed by atoms with van der Waals surface area (Å²) in [5.74, 6) is -0.842. The van der Waals surface area contributed by atoms with E-state index in [9.17, 15) is 9.59 Å². The van der Waals surface area contributed by atoms with Crippen molar-refractivity contribution in [2.45, 2.75) is 45.8 Å². The van der Waals surface area contributed by atoms with Gasteiger partial charge in [0.25, 0.3) is 0 Å². The molecule has 0 saturated carbocycles. The molecule has 0 unspecified atom stereocenters. The van der Waals surface area contributed by atoms with E-state index in [4.69, 9.17) is 9.84 Å². The highest BCUT2D eigenvalue weighted by atomic mass is 16.6. The van der Waals surface area contributed by atoms with Gasteiger partial charge < -0.3 is 15.2 Å². The van der Waals surface area contributed by atoms with Crippen molar-refractivity contribution in [1.29, 1.82) is 0 Å². The lowest BCUT2D eigenvalue weighted by Gasteiger charge is -2.19. The molecule has 2 aromatic rings. The molecule has 1 heterocycles. The van der Waals surface area contributed by atoms with Gasteiger partial charge in [-0.25, -0.2) is 4.79 Å². The number of hydrogen-bond acceptors (Lipinski definition) is 4. The fourth-order valence-electron chi connectivity index (χ4n) is 2.37. The predicted molar refractivity (Wildman–Crippen MR) is 97.9 cm³/mol. The van der Waals surface area contributed by atoms with Gasteiger partial charge in [0.05, 0.1) is 12.6 Å². The van der Waals surface area contributed by atoms with Crippen LogP contribution in [-0.2, 0) is 22.5 Å². The molecule has 0 atom stereocenters. The highest BCUT2D eigenvalue weighted by Gasteiger charge is 2.15. The molecular weight excluding hydrogens is 334 g/mol. The Labute approximate surface area is 153 Å². The van der Waals surface area contributed by atoms with Gasteiger partial charge in [0.1, 0.15) is 5.60 Å². The highest BCUT2D eigenvalue weighted by Crippen LogP contribution is 2.19. The number of alkyl carbamates (subject to hydrolysis) is 1. The number of rotatable bonds is 7. The maximum Gasteiger partial charge on any atom is 0.407 e. The summed E-state index contributed by atoms with van der Waals surface area (Å²) in [7, 11) is 0. The van der Waals surface area contributed by atoms with Crippen LogP contribution in [0.3, 0.4) is 0 Å². The van der Waals surface area contributed by atoms with E-state index in [2.05, 4.69) is 10.4 Å². The molecular formula is C19H25N3O4. The fraction of sp³-hybridized carbons (Fsp3) is 0.421. The maximum atomic E-state index is 11.6. The Kier molecular flexibility index (Phi) is 6.38. The molecule has 0 fully saturated rings. The van der Waals surface area contributed by atoms with E-state index in [0.29, 0.717) is 13.1 Å². The standard InChI is InChI=1S/C19H25N3O4/c1-19(2,3)26-18(25)20-9-4-10-22-13-16(12-21-22)15-7-5-14(6-8-15)11-17(23)24/h5-8,12-13H,4,9-11H2,1-3H3,(H,20,25)(H,23,24). The van der Waals surface area contributed by atoms with Crippen LogP contribution in [0.25, 0.3) is 11.1 Å². The van der Waals surface area contributed by atoms with Gasteiger partial charge in [-0.2, -0.15) is 5.10 Å². The number of aryl methyl sites for hydroxylation is 1. The van der Waals surface area contributed by atoms with Crippen molar-refractivity contribution >= 4 is 12.1 Å². The summed E-state index contributed by atoms with van der Waals surface area (Å²) < 4.78 is 6.99. The first-order valence-electron chi connectivity index (χ1n) is 8.53. The lowest BCUT2D eigenvalue weighted by atomic mass is 10.1. The molecule has 0 spiro atoms. The Morgan fingerprint density at radius 3 is 2.50 bits per heavy atom. The molecule has 1 aromatic heterocycles. The van der Waals surface area contributed by atoms with Crippen molar-refractivity contribution in [1.82, 2.24) is 15.1 Å². The molecule has 2 N–H and O–H groups in total. The summed E-state index contributed by atoms with van der Waals surface area (Å²) in [4.78, 5) is 22.3. The first kappa shape index (κ1) is 19.5. The molecule has 26 heavy (non-hydrogen) atoms. The maximum absolute atomic E-state index is 11.6. The number of benzene rings is 1. The molecule has 7 heteroatoms. The predicted octanol–water partition coefficient (Wildman–Crippen LogP) is 3.09. The Bertz CT molecular complexity index is 745. The van der Waals surface area contributed by atoms with Crippen molar-refractivity contribution in [3.63, 3.8) is 0 Å². The van der Waals surface area contributed by atoms with Gasteiger partial charge in [-0.05, 0) is 38.3 Å². The summed E-state index contributed by atoms with van der Waals surface area (Å²) in [6.07, 6.45) is 4.04. The number of carbonyl (C=O) groups is 2. The zero-order chi connectivity index (χ0) is 19.2. The number of aromatic nitrogens is 2. The Morgan fingerprint density at radius 2 is 1.88 bits per heavy atom. The number of amides is 1. The third kappa shape index (κ3) is 6.58. The SMILES string of the molecule is CC(C)(C)OC(=O)NCCCn1cc(-c2ccc(CC(=O)O)cc2)cn1. The van der Waals surface area contributed by atoms with Gasteiger partial charge in [-0.15, -0.1) is 0 Å². The number of aliphatic carboxylic acids is 1. The van der Waals surface area contributed by atoms with E-state index in [-0.39, 0.29) is 6.42 Å². The van der Waals surface area contributed by atoms with Crippen LogP contribution in [-0.4, -0.2) is 39.1 Å². The van der Waals surface area contributed by atoms with E-state index < -0.39 is 17.7 Å². The van der Waals surface area contributed by atoms with E-state index in [1.54, 1.807) is 6.20 Å². The second-order valence-corrected chi connectivity index (χ2v) is 7.04. The van der Waals surface area contributed by atoms with Crippen molar-refractivity contribution in [2.75, 3.05) is 6.54 Å². The molecule has 0 saturated heterocycles. The molecule has 0 aliphatic rings.